The molecule has 15 heteroatoms. The van der Waals surface area contributed by atoms with Crippen LogP contribution in [0.4, 0.5) is 39.5 Å². The molecule has 0 unspecified atom stereocenters. The molecular weight excluding hydrogens is 427 g/mol. The Balaban J connectivity index is 3.36. The minimum Gasteiger partial charge on any atom is -0.465 e. The molecule has 0 fully saturated rings. The summed E-state index contributed by atoms with van der Waals surface area (Å²) < 4.78 is 145. The van der Waals surface area contributed by atoms with Crippen molar-refractivity contribution >= 4 is 16.1 Å². The second kappa shape index (κ2) is 6.76. The van der Waals surface area contributed by atoms with E-state index in [-0.39, 0.29) is 0 Å². The van der Waals surface area contributed by atoms with Crippen molar-refractivity contribution in [3.05, 3.63) is 29.8 Å². The summed E-state index contributed by atoms with van der Waals surface area (Å²) >= 11 is 0. The number of alkyl halides is 9. The molecule has 0 aliphatic rings. The molecule has 0 N–H and O–H groups in total. The lowest BCUT2D eigenvalue weighted by Crippen LogP contribution is -2.63. The van der Waals surface area contributed by atoms with Crippen molar-refractivity contribution in [2.45, 2.75) is 23.3 Å². The van der Waals surface area contributed by atoms with Gasteiger partial charge in [-0.3, -0.25) is 0 Å². The molecule has 1 aromatic rings. The van der Waals surface area contributed by atoms with E-state index in [4.69, 9.17) is 0 Å². The van der Waals surface area contributed by atoms with Crippen molar-refractivity contribution in [3.8, 4) is 5.75 Å². The fourth-order valence-electron chi connectivity index (χ4n) is 1.49. The number of carbonyl (C=O) groups excluding carboxylic acids is 1. The van der Waals surface area contributed by atoms with Gasteiger partial charge in [0.1, 0.15) is 5.75 Å². The smallest absolute Gasteiger partial charge is 0.460 e. The molecule has 0 aromatic heterocycles. The second-order valence-corrected chi connectivity index (χ2v) is 6.31. The summed E-state index contributed by atoms with van der Waals surface area (Å²) in [5, 5.41) is -7.00. The van der Waals surface area contributed by atoms with Crippen LogP contribution in [0.1, 0.15) is 10.4 Å². The Kier molecular flexibility index (Phi) is 5.72. The largest absolute Gasteiger partial charge is 0.465 e. The van der Waals surface area contributed by atoms with Gasteiger partial charge in [-0.05, 0) is 18.2 Å². The number of methoxy groups -OCH3 is 1. The summed E-state index contributed by atoms with van der Waals surface area (Å²) in [6.07, 6.45) is -7.19. The van der Waals surface area contributed by atoms with Crippen LogP contribution in [0.3, 0.4) is 0 Å². The number of esters is 1. The van der Waals surface area contributed by atoms with Crippen LogP contribution in [0.15, 0.2) is 24.3 Å². The standard InChI is InChI=1S/C12H7F9O5S/c1-25-8(22)6-3-2-4-7(5-6)26-27(23,24)12(20,21)10(15,16)9(13,14)11(17,18)19/h2-5H,1H3. The zero-order valence-electron chi connectivity index (χ0n) is 12.7. The van der Waals surface area contributed by atoms with Crippen molar-refractivity contribution in [1.82, 2.24) is 0 Å². The van der Waals surface area contributed by atoms with Gasteiger partial charge in [0.2, 0.25) is 0 Å². The average Bonchev–Trinajstić information content (AvgIpc) is 2.52. The maximum absolute atomic E-state index is 13.5. The molecule has 0 aliphatic carbocycles. The highest BCUT2D eigenvalue weighted by Gasteiger charge is 2.86. The van der Waals surface area contributed by atoms with Crippen LogP contribution in [0.5, 0.6) is 5.75 Å². The minimum absolute atomic E-state index is 0.388. The molecule has 0 atom stereocenters. The Morgan fingerprint density at radius 2 is 1.44 bits per heavy atom. The maximum atomic E-state index is 13.5. The molecule has 0 aliphatic heterocycles. The van der Waals surface area contributed by atoms with Crippen molar-refractivity contribution < 1.29 is 61.6 Å². The van der Waals surface area contributed by atoms with Gasteiger partial charge in [0.15, 0.2) is 0 Å². The minimum atomic E-state index is -7.42. The molecular formula is C12H7F9O5S. The number of rotatable bonds is 6. The normalized spacial score (nSPS) is 14.0. The lowest BCUT2D eigenvalue weighted by molar-refractivity contribution is -0.382. The van der Waals surface area contributed by atoms with Gasteiger partial charge < -0.3 is 8.92 Å². The fourth-order valence-corrected chi connectivity index (χ4v) is 2.39. The Morgan fingerprint density at radius 1 is 0.926 bits per heavy atom. The van der Waals surface area contributed by atoms with Crippen molar-refractivity contribution in [1.29, 1.82) is 0 Å². The predicted molar refractivity (Wildman–Crippen MR) is 68.2 cm³/mol. The summed E-state index contributed by atoms with van der Waals surface area (Å²) in [5.41, 5.74) is -0.527. The molecule has 154 valence electrons. The van der Waals surface area contributed by atoms with Crippen molar-refractivity contribution in [3.63, 3.8) is 0 Å². The van der Waals surface area contributed by atoms with Crippen LogP contribution in [0, 0.1) is 0 Å². The number of carbonyl (C=O) groups is 1. The first-order chi connectivity index (χ1) is 11.9. The van der Waals surface area contributed by atoms with Gasteiger partial charge >= 0.3 is 39.4 Å². The predicted octanol–water partition coefficient (Wildman–Crippen LogP) is 3.61. The quantitative estimate of drug-likeness (QED) is 0.389. The SMILES string of the molecule is COC(=O)c1cccc(OS(=O)(=O)C(F)(F)C(F)(F)C(F)(F)C(F)(F)F)c1. The molecule has 0 amide bonds. The number of halogens is 9. The van der Waals surface area contributed by atoms with Crippen molar-refractivity contribution in [2.24, 2.45) is 0 Å². The monoisotopic (exact) mass is 434 g/mol. The Labute approximate surface area is 144 Å². The lowest BCUT2D eigenvalue weighted by Gasteiger charge is -2.32. The highest BCUT2D eigenvalue weighted by molar-refractivity contribution is 7.88. The number of ether oxygens (including phenoxy) is 1. The highest BCUT2D eigenvalue weighted by atomic mass is 32.2. The van der Waals surface area contributed by atoms with Crippen LogP contribution in [0.25, 0.3) is 0 Å². The second-order valence-electron chi connectivity index (χ2n) is 4.72. The van der Waals surface area contributed by atoms with E-state index in [1.165, 1.54) is 0 Å². The summed E-state index contributed by atoms with van der Waals surface area (Å²) in [6.45, 7) is 0. The van der Waals surface area contributed by atoms with E-state index >= 15 is 0 Å². The topological polar surface area (TPSA) is 69.7 Å². The number of hydrogen-bond acceptors (Lipinski definition) is 5. The van der Waals surface area contributed by atoms with Crippen LogP contribution in [0.2, 0.25) is 0 Å². The molecule has 0 spiro atoms. The fraction of sp³-hybridized carbons (Fsp3) is 0.417. The van der Waals surface area contributed by atoms with Crippen LogP contribution >= 0.6 is 0 Å². The first-order valence-corrected chi connectivity index (χ1v) is 7.66. The number of hydrogen-bond donors (Lipinski definition) is 0. The third-order valence-electron chi connectivity index (χ3n) is 2.89. The third-order valence-corrected chi connectivity index (χ3v) is 4.19. The Bertz CT molecular complexity index is 817. The molecule has 1 rings (SSSR count). The van der Waals surface area contributed by atoms with Gasteiger partial charge in [-0.25, -0.2) is 4.79 Å². The van der Waals surface area contributed by atoms with Gasteiger partial charge in [-0.15, -0.1) is 0 Å². The van der Waals surface area contributed by atoms with Gasteiger partial charge in [-0.2, -0.15) is 47.9 Å². The third kappa shape index (κ3) is 3.77. The molecule has 27 heavy (non-hydrogen) atoms. The van der Waals surface area contributed by atoms with Gasteiger partial charge in [0.25, 0.3) is 0 Å². The summed E-state index contributed by atoms with van der Waals surface area (Å²) in [4.78, 5) is 11.2. The molecule has 0 radical (unpaired) electrons. The van der Waals surface area contributed by atoms with Crippen molar-refractivity contribution in [2.75, 3.05) is 7.11 Å². The highest BCUT2D eigenvalue weighted by Crippen LogP contribution is 2.54. The van der Waals surface area contributed by atoms with Gasteiger partial charge in [0, 0.05) is 0 Å². The Hall–Kier alpha value is -2.19. The first kappa shape index (κ1) is 22.9. The zero-order valence-corrected chi connectivity index (χ0v) is 13.5. The molecule has 0 heterocycles. The summed E-state index contributed by atoms with van der Waals surface area (Å²) in [6, 6.07) is 2.66. The van der Waals surface area contributed by atoms with Gasteiger partial charge in [-0.1, -0.05) is 6.07 Å². The van der Waals surface area contributed by atoms with E-state index in [0.717, 1.165) is 19.2 Å². The van der Waals surface area contributed by atoms with E-state index in [1.807, 2.05) is 0 Å². The molecule has 0 bridgehead atoms. The van der Waals surface area contributed by atoms with E-state index in [1.54, 1.807) is 0 Å². The molecule has 5 nitrogen and oxygen atoms in total. The van der Waals surface area contributed by atoms with Crippen LogP contribution in [-0.4, -0.2) is 44.8 Å². The summed E-state index contributed by atoms with van der Waals surface area (Å²) in [7, 11) is -6.22. The number of benzene rings is 1. The first-order valence-electron chi connectivity index (χ1n) is 6.25. The lowest BCUT2D eigenvalue weighted by atomic mass is 10.1. The maximum Gasteiger partial charge on any atom is 0.460 e. The molecule has 0 saturated carbocycles. The van der Waals surface area contributed by atoms with E-state index < -0.39 is 50.7 Å². The van der Waals surface area contributed by atoms with E-state index in [9.17, 15) is 52.7 Å². The zero-order chi connectivity index (χ0) is 21.5. The van der Waals surface area contributed by atoms with Crippen LogP contribution in [-0.2, 0) is 14.9 Å². The average molecular weight is 434 g/mol. The Morgan fingerprint density at radius 3 is 1.89 bits per heavy atom. The van der Waals surface area contributed by atoms with Gasteiger partial charge in [0.05, 0.1) is 12.7 Å². The van der Waals surface area contributed by atoms with E-state index in [0.29, 0.717) is 12.1 Å². The summed E-state index contributed by atoms with van der Waals surface area (Å²) in [5.74, 6) is -17.2. The molecule has 0 saturated heterocycles. The van der Waals surface area contributed by atoms with E-state index in [2.05, 4.69) is 8.92 Å². The van der Waals surface area contributed by atoms with Crippen LogP contribution < -0.4 is 4.18 Å². The molecule has 1 aromatic carbocycles.